The highest BCUT2D eigenvalue weighted by Crippen LogP contribution is 2.37. The van der Waals surface area contributed by atoms with Crippen molar-refractivity contribution >= 4 is 51.7 Å². The molecular weight excluding hydrogens is 435 g/mol. The molecule has 1 aliphatic rings. The van der Waals surface area contributed by atoms with Gasteiger partial charge in [0, 0.05) is 24.4 Å². The minimum Gasteiger partial charge on any atom is -0.357 e. The Morgan fingerprint density at radius 2 is 2.00 bits per heavy atom. The molecule has 1 atom stereocenters. The van der Waals surface area contributed by atoms with E-state index in [0.29, 0.717) is 13.1 Å². The highest BCUT2D eigenvalue weighted by atomic mass is 127. The second-order valence-corrected chi connectivity index (χ2v) is 9.10. The first kappa shape index (κ1) is 22.3. The summed E-state index contributed by atoms with van der Waals surface area (Å²) in [5.74, 6) is 2.08. The molecule has 1 fully saturated rings. The van der Waals surface area contributed by atoms with Crippen molar-refractivity contribution in [3.05, 3.63) is 0 Å². The van der Waals surface area contributed by atoms with Crippen LogP contribution in [0, 0.1) is 0 Å². The maximum atomic E-state index is 11.3. The molecule has 0 aliphatic carbocycles. The number of hydrogen-bond donors (Lipinski definition) is 3. The van der Waals surface area contributed by atoms with E-state index in [0.717, 1.165) is 19.0 Å². The van der Waals surface area contributed by atoms with E-state index in [1.165, 1.54) is 18.6 Å². The number of sulfonamides is 1. The van der Waals surface area contributed by atoms with Crippen molar-refractivity contribution in [2.75, 3.05) is 37.7 Å². The largest absolute Gasteiger partial charge is 0.357 e. The summed E-state index contributed by atoms with van der Waals surface area (Å²) in [6.45, 7) is 8.36. The molecule has 132 valence electrons. The van der Waals surface area contributed by atoms with E-state index in [9.17, 15) is 8.42 Å². The van der Waals surface area contributed by atoms with Crippen LogP contribution in [0.2, 0.25) is 0 Å². The van der Waals surface area contributed by atoms with Gasteiger partial charge in [0.15, 0.2) is 5.96 Å². The number of thioether (sulfide) groups is 1. The van der Waals surface area contributed by atoms with Gasteiger partial charge in [0.25, 0.3) is 0 Å². The van der Waals surface area contributed by atoms with E-state index in [1.54, 1.807) is 6.92 Å². The molecule has 9 heteroatoms. The van der Waals surface area contributed by atoms with Gasteiger partial charge in [-0.25, -0.2) is 13.1 Å². The summed E-state index contributed by atoms with van der Waals surface area (Å²) in [6, 6.07) is 0. The quantitative estimate of drug-likeness (QED) is 0.219. The first-order chi connectivity index (χ1) is 9.91. The summed E-state index contributed by atoms with van der Waals surface area (Å²) < 4.78 is 25.4. The maximum Gasteiger partial charge on any atom is 0.211 e. The Bertz CT molecular complexity index is 437. The molecule has 1 saturated heterocycles. The van der Waals surface area contributed by atoms with Crippen LogP contribution in [0.3, 0.4) is 0 Å². The third-order valence-corrected chi connectivity index (χ3v) is 6.26. The van der Waals surface area contributed by atoms with Crippen LogP contribution in [0.4, 0.5) is 0 Å². The van der Waals surface area contributed by atoms with E-state index >= 15 is 0 Å². The SMILES string of the molecule is CCNC(=NCC1(C)CCCS1)NCCNS(=O)(=O)CC.I. The Balaban J connectivity index is 0.00000441. The minimum absolute atomic E-state index is 0. The molecule has 1 heterocycles. The van der Waals surface area contributed by atoms with Crippen molar-refractivity contribution in [3.8, 4) is 0 Å². The maximum absolute atomic E-state index is 11.3. The Morgan fingerprint density at radius 1 is 1.27 bits per heavy atom. The molecule has 1 rings (SSSR count). The van der Waals surface area contributed by atoms with E-state index in [2.05, 4.69) is 27.3 Å². The molecule has 0 aromatic carbocycles. The van der Waals surface area contributed by atoms with Crippen molar-refractivity contribution in [2.45, 2.75) is 38.4 Å². The summed E-state index contributed by atoms with van der Waals surface area (Å²) in [7, 11) is -3.12. The fourth-order valence-corrected chi connectivity index (χ4v) is 3.88. The average Bonchev–Trinajstić information content (AvgIpc) is 2.88. The van der Waals surface area contributed by atoms with Crippen LogP contribution in [0.25, 0.3) is 0 Å². The summed E-state index contributed by atoms with van der Waals surface area (Å²) >= 11 is 1.99. The lowest BCUT2D eigenvalue weighted by atomic mass is 10.1. The lowest BCUT2D eigenvalue weighted by Crippen LogP contribution is -2.42. The fourth-order valence-electron chi connectivity index (χ4n) is 2.04. The topological polar surface area (TPSA) is 82.6 Å². The monoisotopic (exact) mass is 464 g/mol. The molecule has 3 N–H and O–H groups in total. The molecule has 0 radical (unpaired) electrons. The minimum atomic E-state index is -3.12. The Labute approximate surface area is 156 Å². The predicted molar refractivity (Wildman–Crippen MR) is 107 cm³/mol. The highest BCUT2D eigenvalue weighted by Gasteiger charge is 2.29. The predicted octanol–water partition coefficient (Wildman–Crippen LogP) is 1.38. The van der Waals surface area contributed by atoms with Gasteiger partial charge in [-0.05, 0) is 39.4 Å². The third kappa shape index (κ3) is 8.78. The number of rotatable bonds is 8. The molecule has 1 unspecified atom stereocenters. The van der Waals surface area contributed by atoms with E-state index in [4.69, 9.17) is 0 Å². The lowest BCUT2D eigenvalue weighted by molar-refractivity contribution is 0.581. The van der Waals surface area contributed by atoms with Crippen LogP contribution >= 0.6 is 35.7 Å². The standard InChI is InChI=1S/C13H28N4O2S2.HI/c1-4-14-12(15-8-9-17-21(18,19)5-2)16-11-13(3)7-6-10-20-13;/h17H,4-11H2,1-3H3,(H2,14,15,16);1H. The average molecular weight is 464 g/mol. The van der Waals surface area contributed by atoms with Gasteiger partial charge in [0.05, 0.1) is 12.3 Å². The van der Waals surface area contributed by atoms with Crippen molar-refractivity contribution in [1.82, 2.24) is 15.4 Å². The number of guanidine groups is 1. The van der Waals surface area contributed by atoms with Gasteiger partial charge in [-0.1, -0.05) is 0 Å². The van der Waals surface area contributed by atoms with E-state index in [-0.39, 0.29) is 34.5 Å². The molecule has 1 aliphatic heterocycles. The normalized spacial score (nSPS) is 22.2. The van der Waals surface area contributed by atoms with Gasteiger partial charge < -0.3 is 10.6 Å². The van der Waals surface area contributed by atoms with Gasteiger partial charge in [-0.15, -0.1) is 24.0 Å². The molecular formula is C13H29IN4O2S2. The van der Waals surface area contributed by atoms with Crippen LogP contribution in [0.15, 0.2) is 4.99 Å². The summed E-state index contributed by atoms with van der Waals surface area (Å²) in [4.78, 5) is 4.62. The number of hydrogen-bond acceptors (Lipinski definition) is 4. The molecule has 6 nitrogen and oxygen atoms in total. The molecule has 0 aromatic rings. The molecule has 0 spiro atoms. The van der Waals surface area contributed by atoms with Crippen LogP contribution in [-0.2, 0) is 10.0 Å². The smallest absolute Gasteiger partial charge is 0.211 e. The van der Waals surface area contributed by atoms with Crippen molar-refractivity contribution in [1.29, 1.82) is 0 Å². The molecule has 0 saturated carbocycles. The van der Waals surface area contributed by atoms with Crippen LogP contribution in [0.5, 0.6) is 0 Å². The van der Waals surface area contributed by atoms with Crippen molar-refractivity contribution in [3.63, 3.8) is 0 Å². The Hall–Kier alpha value is 0.260. The summed E-state index contributed by atoms with van der Waals surface area (Å²) in [5, 5.41) is 6.35. The fraction of sp³-hybridized carbons (Fsp3) is 0.923. The second kappa shape index (κ2) is 10.9. The van der Waals surface area contributed by atoms with E-state index < -0.39 is 10.0 Å². The van der Waals surface area contributed by atoms with Crippen LogP contribution in [0.1, 0.15) is 33.6 Å². The Morgan fingerprint density at radius 3 is 2.55 bits per heavy atom. The van der Waals surface area contributed by atoms with E-state index in [1.807, 2.05) is 18.7 Å². The summed E-state index contributed by atoms with van der Waals surface area (Å²) in [5.41, 5.74) is 0. The van der Waals surface area contributed by atoms with Crippen LogP contribution in [-0.4, -0.2) is 56.8 Å². The number of aliphatic imine (C=N–C) groups is 1. The zero-order valence-electron chi connectivity index (χ0n) is 13.6. The first-order valence-electron chi connectivity index (χ1n) is 7.54. The van der Waals surface area contributed by atoms with Crippen LogP contribution < -0.4 is 15.4 Å². The van der Waals surface area contributed by atoms with Gasteiger partial charge in [-0.2, -0.15) is 11.8 Å². The number of nitrogens with one attached hydrogen (secondary N) is 3. The first-order valence-corrected chi connectivity index (χ1v) is 10.2. The molecule has 0 bridgehead atoms. The van der Waals surface area contributed by atoms with Gasteiger partial charge in [-0.3, -0.25) is 4.99 Å². The van der Waals surface area contributed by atoms with Crippen molar-refractivity contribution < 1.29 is 8.42 Å². The Kier molecular flexibility index (Phi) is 11.1. The zero-order valence-corrected chi connectivity index (χ0v) is 17.6. The number of halogens is 1. The third-order valence-electron chi connectivity index (χ3n) is 3.34. The van der Waals surface area contributed by atoms with Gasteiger partial charge in [0.1, 0.15) is 0 Å². The number of nitrogens with zero attached hydrogens (tertiary/aromatic N) is 1. The van der Waals surface area contributed by atoms with Gasteiger partial charge >= 0.3 is 0 Å². The molecule has 22 heavy (non-hydrogen) atoms. The highest BCUT2D eigenvalue weighted by molar-refractivity contribution is 14.0. The second-order valence-electron chi connectivity index (χ2n) is 5.32. The lowest BCUT2D eigenvalue weighted by Gasteiger charge is -2.21. The molecule has 0 amide bonds. The summed E-state index contributed by atoms with van der Waals surface area (Å²) in [6.07, 6.45) is 2.47. The van der Waals surface area contributed by atoms with Gasteiger partial charge in [0.2, 0.25) is 10.0 Å². The zero-order chi connectivity index (χ0) is 15.8. The molecule has 0 aromatic heterocycles. The van der Waals surface area contributed by atoms with Crippen molar-refractivity contribution in [2.24, 2.45) is 4.99 Å².